The summed E-state index contributed by atoms with van der Waals surface area (Å²) in [6.07, 6.45) is 4.17. The van der Waals surface area contributed by atoms with Gasteiger partial charge in [-0.1, -0.05) is 18.2 Å². The van der Waals surface area contributed by atoms with Gasteiger partial charge in [0.2, 0.25) is 5.88 Å². The number of nitrogens with zero attached hydrogens (tertiary/aromatic N) is 4. The van der Waals surface area contributed by atoms with Crippen LogP contribution >= 0.6 is 0 Å². The van der Waals surface area contributed by atoms with E-state index in [0.717, 1.165) is 34.0 Å². The van der Waals surface area contributed by atoms with Gasteiger partial charge in [0.05, 0.1) is 19.9 Å². The summed E-state index contributed by atoms with van der Waals surface area (Å²) in [6, 6.07) is 15.7. The van der Waals surface area contributed by atoms with E-state index in [1.807, 2.05) is 31.3 Å². The highest BCUT2D eigenvalue weighted by Gasteiger charge is 2.18. The van der Waals surface area contributed by atoms with E-state index in [2.05, 4.69) is 42.9 Å². The van der Waals surface area contributed by atoms with E-state index in [9.17, 15) is 4.79 Å². The summed E-state index contributed by atoms with van der Waals surface area (Å²) in [5.74, 6) is 0.122. The van der Waals surface area contributed by atoms with Crippen LogP contribution in [0.4, 0.5) is 0 Å². The molecule has 0 atom stereocenters. The summed E-state index contributed by atoms with van der Waals surface area (Å²) >= 11 is 0. The van der Waals surface area contributed by atoms with E-state index in [0.29, 0.717) is 18.1 Å². The Bertz CT molecular complexity index is 1420. The molecule has 8 nitrogen and oxygen atoms in total. The number of H-pyrrole nitrogens is 1. The van der Waals surface area contributed by atoms with Crippen LogP contribution in [-0.2, 0) is 18.2 Å². The Morgan fingerprint density at radius 1 is 1.12 bits per heavy atom. The second-order valence-corrected chi connectivity index (χ2v) is 7.38. The van der Waals surface area contributed by atoms with Gasteiger partial charge in [-0.15, -0.1) is 0 Å². The van der Waals surface area contributed by atoms with E-state index in [4.69, 9.17) is 9.47 Å². The van der Waals surface area contributed by atoms with E-state index >= 15 is 0 Å². The van der Waals surface area contributed by atoms with Crippen LogP contribution in [0.5, 0.6) is 5.88 Å². The maximum atomic E-state index is 12.2. The highest BCUT2D eigenvalue weighted by molar-refractivity contribution is 6.00. The maximum Gasteiger partial charge on any atom is 0.356 e. The van der Waals surface area contributed by atoms with Crippen molar-refractivity contribution < 1.29 is 14.3 Å². The minimum Gasteiger partial charge on any atom is -0.477 e. The molecule has 0 aliphatic carbocycles. The highest BCUT2D eigenvalue weighted by atomic mass is 16.5. The van der Waals surface area contributed by atoms with Gasteiger partial charge in [0, 0.05) is 53.3 Å². The van der Waals surface area contributed by atoms with Gasteiger partial charge in [-0.25, -0.2) is 14.8 Å². The largest absolute Gasteiger partial charge is 0.477 e. The van der Waals surface area contributed by atoms with Gasteiger partial charge in [-0.2, -0.15) is 5.10 Å². The number of nitrogens with one attached hydrogen (secondary N) is 1. The van der Waals surface area contributed by atoms with Crippen LogP contribution in [0, 0.1) is 0 Å². The van der Waals surface area contributed by atoms with Crippen molar-refractivity contribution in [2.45, 2.75) is 6.42 Å². The first-order chi connectivity index (χ1) is 15.7. The molecule has 0 saturated heterocycles. The number of aromatic nitrogens is 5. The third-order valence-corrected chi connectivity index (χ3v) is 5.53. The lowest BCUT2D eigenvalue weighted by Crippen LogP contribution is -2.05. The molecule has 0 radical (unpaired) electrons. The SMILES string of the molecule is COC(=O)c1cc(-c2cc3c(CCOc4ccccn4)cccc3n2C)c2cn[nH]c2n1. The number of aryl methyl sites for hydroxylation is 1. The zero-order chi connectivity index (χ0) is 22.1. The number of methoxy groups -OCH3 is 1. The van der Waals surface area contributed by atoms with Crippen LogP contribution in [0.2, 0.25) is 0 Å². The highest BCUT2D eigenvalue weighted by Crippen LogP contribution is 2.33. The molecule has 8 heteroatoms. The zero-order valence-electron chi connectivity index (χ0n) is 17.7. The number of esters is 1. The van der Waals surface area contributed by atoms with Crippen molar-refractivity contribution in [3.05, 3.63) is 72.2 Å². The van der Waals surface area contributed by atoms with Crippen molar-refractivity contribution in [3.63, 3.8) is 0 Å². The average Bonchev–Trinajstić information content (AvgIpc) is 3.44. The van der Waals surface area contributed by atoms with Crippen LogP contribution in [0.15, 0.2) is 60.9 Å². The fraction of sp³-hybridized carbons (Fsp3) is 0.167. The molecule has 5 aromatic rings. The monoisotopic (exact) mass is 427 g/mol. The zero-order valence-corrected chi connectivity index (χ0v) is 17.7. The molecule has 0 amide bonds. The van der Waals surface area contributed by atoms with Crippen molar-refractivity contribution >= 4 is 27.9 Å². The Morgan fingerprint density at radius 3 is 2.84 bits per heavy atom. The minimum absolute atomic E-state index is 0.230. The Kier molecular flexibility index (Phi) is 5.03. The lowest BCUT2D eigenvalue weighted by Gasteiger charge is -2.08. The van der Waals surface area contributed by atoms with Gasteiger partial charge in [0.25, 0.3) is 0 Å². The second-order valence-electron chi connectivity index (χ2n) is 7.38. The number of rotatable bonds is 6. The number of carbonyl (C=O) groups is 1. The first-order valence-electron chi connectivity index (χ1n) is 10.2. The van der Waals surface area contributed by atoms with Crippen molar-refractivity contribution in [2.75, 3.05) is 13.7 Å². The van der Waals surface area contributed by atoms with E-state index < -0.39 is 5.97 Å². The molecule has 0 aliphatic rings. The molecular weight excluding hydrogens is 406 g/mol. The van der Waals surface area contributed by atoms with Crippen LogP contribution in [0.3, 0.4) is 0 Å². The number of hydrogen-bond donors (Lipinski definition) is 1. The third-order valence-electron chi connectivity index (χ3n) is 5.53. The molecule has 0 bridgehead atoms. The molecule has 0 spiro atoms. The molecule has 32 heavy (non-hydrogen) atoms. The van der Waals surface area contributed by atoms with Gasteiger partial charge in [-0.3, -0.25) is 5.10 Å². The minimum atomic E-state index is -0.492. The Labute approximate surface area is 183 Å². The number of pyridine rings is 2. The first-order valence-corrected chi connectivity index (χ1v) is 10.2. The van der Waals surface area contributed by atoms with E-state index in [1.54, 1.807) is 18.5 Å². The molecule has 4 heterocycles. The summed E-state index contributed by atoms with van der Waals surface area (Å²) in [6.45, 7) is 0.522. The fourth-order valence-corrected chi connectivity index (χ4v) is 3.95. The molecule has 1 N–H and O–H groups in total. The smallest absolute Gasteiger partial charge is 0.356 e. The molecule has 160 valence electrons. The standard InChI is InChI=1S/C24H21N5O3/c1-29-20-7-5-6-15(9-11-32-22-8-3-4-10-25-22)16(20)13-21(29)17-12-19(24(30)31-2)27-23-18(17)14-26-28-23/h3-8,10,12-14H,9,11H2,1-2H3,(H,26,27,28). The maximum absolute atomic E-state index is 12.2. The lowest BCUT2D eigenvalue weighted by molar-refractivity contribution is 0.0594. The second kappa shape index (κ2) is 8.14. The van der Waals surface area contributed by atoms with Crippen LogP contribution < -0.4 is 4.74 Å². The predicted octanol–water partition coefficient (Wildman–Crippen LogP) is 3.92. The Morgan fingerprint density at radius 2 is 2.03 bits per heavy atom. The summed E-state index contributed by atoms with van der Waals surface area (Å²) in [7, 11) is 3.35. The summed E-state index contributed by atoms with van der Waals surface area (Å²) in [5, 5.41) is 8.93. The van der Waals surface area contributed by atoms with Gasteiger partial charge in [0.1, 0.15) is 0 Å². The van der Waals surface area contributed by atoms with Crippen molar-refractivity contribution in [1.29, 1.82) is 0 Å². The van der Waals surface area contributed by atoms with E-state index in [-0.39, 0.29) is 5.69 Å². The molecule has 0 aliphatic heterocycles. The van der Waals surface area contributed by atoms with Crippen LogP contribution in [-0.4, -0.2) is 44.4 Å². The normalized spacial score (nSPS) is 11.2. The number of carbonyl (C=O) groups excluding carboxylic acids is 1. The Balaban J connectivity index is 1.55. The number of aromatic amines is 1. The van der Waals surface area contributed by atoms with Crippen LogP contribution in [0.25, 0.3) is 33.2 Å². The lowest BCUT2D eigenvalue weighted by atomic mass is 10.1. The summed E-state index contributed by atoms with van der Waals surface area (Å²) < 4.78 is 12.8. The average molecular weight is 427 g/mol. The topological polar surface area (TPSA) is 94.9 Å². The molecular formula is C24H21N5O3. The number of benzene rings is 1. The van der Waals surface area contributed by atoms with E-state index in [1.165, 1.54) is 12.7 Å². The molecule has 0 saturated carbocycles. The van der Waals surface area contributed by atoms with Gasteiger partial charge < -0.3 is 14.0 Å². The fourth-order valence-electron chi connectivity index (χ4n) is 3.95. The summed E-state index contributed by atoms with van der Waals surface area (Å²) in [4.78, 5) is 20.7. The number of ether oxygens (including phenoxy) is 2. The quantitative estimate of drug-likeness (QED) is 0.413. The molecule has 1 aromatic carbocycles. The number of hydrogen-bond acceptors (Lipinski definition) is 6. The van der Waals surface area contributed by atoms with Crippen LogP contribution in [0.1, 0.15) is 16.1 Å². The van der Waals surface area contributed by atoms with Gasteiger partial charge in [0.15, 0.2) is 11.3 Å². The number of fused-ring (bicyclic) bond motifs is 2. The predicted molar refractivity (Wildman–Crippen MR) is 121 cm³/mol. The van der Waals surface area contributed by atoms with Gasteiger partial charge in [-0.05, 0) is 29.8 Å². The molecule has 0 fully saturated rings. The first kappa shape index (κ1) is 19.7. The Hall–Kier alpha value is -4.20. The van der Waals surface area contributed by atoms with Crippen molar-refractivity contribution in [3.8, 4) is 17.1 Å². The summed E-state index contributed by atoms with van der Waals surface area (Å²) in [5.41, 5.74) is 4.84. The van der Waals surface area contributed by atoms with Crippen molar-refractivity contribution in [1.82, 2.24) is 24.7 Å². The molecule has 4 aromatic heterocycles. The third kappa shape index (κ3) is 3.45. The molecule has 0 unspecified atom stereocenters. The molecule has 5 rings (SSSR count). The van der Waals surface area contributed by atoms with Gasteiger partial charge >= 0.3 is 5.97 Å². The van der Waals surface area contributed by atoms with Crippen molar-refractivity contribution in [2.24, 2.45) is 7.05 Å².